The van der Waals surface area contributed by atoms with Crippen molar-refractivity contribution in [3.8, 4) is 11.5 Å². The van der Waals surface area contributed by atoms with Gasteiger partial charge in [0.1, 0.15) is 0 Å². The molecule has 1 amide bonds. The number of halogens is 1. The second-order valence-corrected chi connectivity index (χ2v) is 6.08. The van der Waals surface area contributed by atoms with Crippen molar-refractivity contribution in [1.82, 2.24) is 15.1 Å². The van der Waals surface area contributed by atoms with E-state index in [2.05, 4.69) is 17.1 Å². The molecule has 152 valence electrons. The van der Waals surface area contributed by atoms with Crippen molar-refractivity contribution in [3.05, 3.63) is 23.8 Å². The monoisotopic (exact) mass is 490 g/mol. The summed E-state index contributed by atoms with van der Waals surface area (Å²) in [4.78, 5) is 20.3. The van der Waals surface area contributed by atoms with Crippen LogP contribution in [0.4, 0.5) is 0 Å². The van der Waals surface area contributed by atoms with Crippen LogP contribution in [0.5, 0.6) is 11.5 Å². The van der Waals surface area contributed by atoms with Crippen molar-refractivity contribution in [3.63, 3.8) is 0 Å². The van der Waals surface area contributed by atoms with E-state index in [0.717, 1.165) is 55.7 Å². The highest BCUT2D eigenvalue weighted by atomic mass is 127. The normalized spacial score (nSPS) is 14.4. The van der Waals surface area contributed by atoms with Crippen molar-refractivity contribution in [2.24, 2.45) is 4.99 Å². The van der Waals surface area contributed by atoms with Gasteiger partial charge < -0.3 is 24.6 Å². The first-order chi connectivity index (χ1) is 12.6. The van der Waals surface area contributed by atoms with Crippen LogP contribution < -0.4 is 14.8 Å². The first-order valence-electron chi connectivity index (χ1n) is 9.17. The Morgan fingerprint density at radius 1 is 1.15 bits per heavy atom. The maximum atomic E-state index is 11.5. The fourth-order valence-electron chi connectivity index (χ4n) is 2.91. The number of rotatable bonds is 6. The van der Waals surface area contributed by atoms with Gasteiger partial charge in [0.25, 0.3) is 0 Å². The summed E-state index contributed by atoms with van der Waals surface area (Å²) >= 11 is 0. The molecule has 1 aromatic rings. The van der Waals surface area contributed by atoms with Gasteiger partial charge in [-0.3, -0.25) is 4.79 Å². The third-order valence-corrected chi connectivity index (χ3v) is 4.30. The molecular formula is C19H31IN4O3. The minimum absolute atomic E-state index is 0. The molecule has 1 N–H and O–H groups in total. The zero-order valence-electron chi connectivity index (χ0n) is 16.7. The quantitative estimate of drug-likeness (QED) is 0.377. The van der Waals surface area contributed by atoms with Gasteiger partial charge in [0, 0.05) is 39.6 Å². The summed E-state index contributed by atoms with van der Waals surface area (Å²) < 4.78 is 11.0. The van der Waals surface area contributed by atoms with Crippen molar-refractivity contribution in [1.29, 1.82) is 0 Å². The lowest BCUT2D eigenvalue weighted by Crippen LogP contribution is -2.53. The number of hydrogen-bond donors (Lipinski definition) is 1. The van der Waals surface area contributed by atoms with Crippen LogP contribution in [-0.4, -0.2) is 68.1 Å². The van der Waals surface area contributed by atoms with Crippen molar-refractivity contribution in [2.45, 2.75) is 27.3 Å². The molecule has 0 unspecified atom stereocenters. The Kier molecular flexibility index (Phi) is 10.3. The number of carbonyl (C=O) groups is 1. The smallest absolute Gasteiger partial charge is 0.219 e. The molecule has 1 heterocycles. The third kappa shape index (κ3) is 6.75. The van der Waals surface area contributed by atoms with Gasteiger partial charge in [-0.05, 0) is 31.5 Å². The summed E-state index contributed by atoms with van der Waals surface area (Å²) in [7, 11) is 1.64. The zero-order valence-corrected chi connectivity index (χ0v) is 19.0. The van der Waals surface area contributed by atoms with Crippen LogP contribution in [0.2, 0.25) is 0 Å². The maximum absolute atomic E-state index is 11.5. The van der Waals surface area contributed by atoms with Gasteiger partial charge in [0.2, 0.25) is 5.91 Å². The molecule has 8 heteroatoms. The number of ether oxygens (including phenoxy) is 2. The third-order valence-electron chi connectivity index (χ3n) is 4.30. The summed E-state index contributed by atoms with van der Waals surface area (Å²) in [6.45, 7) is 10.6. The molecule has 1 aromatic carbocycles. The minimum atomic E-state index is 0. The lowest BCUT2D eigenvalue weighted by atomic mass is 10.2. The Morgan fingerprint density at radius 2 is 1.81 bits per heavy atom. The second kappa shape index (κ2) is 11.9. The molecule has 2 rings (SSSR count). The molecule has 1 aliphatic rings. The predicted octanol–water partition coefficient (Wildman–Crippen LogP) is 2.34. The Balaban J connectivity index is 0.00000364. The highest BCUT2D eigenvalue weighted by Gasteiger charge is 2.20. The Bertz CT molecular complexity index is 631. The SMILES string of the molecule is CCNC(=NCc1ccc(OCC)c(OC)c1)N1CCN(C(C)=O)CC1.I. The van der Waals surface area contributed by atoms with Crippen molar-refractivity contribution in [2.75, 3.05) is 46.4 Å². The molecule has 0 aliphatic carbocycles. The average Bonchev–Trinajstić information content (AvgIpc) is 2.66. The van der Waals surface area contributed by atoms with Crippen LogP contribution in [-0.2, 0) is 11.3 Å². The molecule has 1 aliphatic heterocycles. The largest absolute Gasteiger partial charge is 0.493 e. The average molecular weight is 490 g/mol. The van der Waals surface area contributed by atoms with Crippen LogP contribution in [0, 0.1) is 0 Å². The van der Waals surface area contributed by atoms with Crippen LogP contribution in [0.1, 0.15) is 26.3 Å². The number of nitrogens with zero attached hydrogens (tertiary/aromatic N) is 3. The first-order valence-corrected chi connectivity index (χ1v) is 9.17. The number of aliphatic imine (C=N–C) groups is 1. The number of amides is 1. The number of carbonyl (C=O) groups excluding carboxylic acids is 1. The van der Waals surface area contributed by atoms with Gasteiger partial charge >= 0.3 is 0 Å². The molecule has 1 saturated heterocycles. The highest BCUT2D eigenvalue weighted by Crippen LogP contribution is 2.28. The second-order valence-electron chi connectivity index (χ2n) is 6.08. The summed E-state index contributed by atoms with van der Waals surface area (Å²) in [6.07, 6.45) is 0. The lowest BCUT2D eigenvalue weighted by molar-refractivity contribution is -0.130. The van der Waals surface area contributed by atoms with Crippen molar-refractivity contribution >= 4 is 35.8 Å². The molecule has 0 saturated carbocycles. The van der Waals surface area contributed by atoms with E-state index in [4.69, 9.17) is 14.5 Å². The summed E-state index contributed by atoms with van der Waals surface area (Å²) in [5.74, 6) is 2.48. The standard InChI is InChI=1S/C19H30N4O3.HI/c1-5-20-19(23-11-9-22(10-12-23)15(3)24)21-14-16-7-8-17(26-6-2)18(13-16)25-4;/h7-8,13H,5-6,9-12,14H2,1-4H3,(H,20,21);1H. The van der Waals surface area contributed by atoms with E-state index in [9.17, 15) is 4.79 Å². The van der Waals surface area contributed by atoms with E-state index in [1.165, 1.54) is 0 Å². The van der Waals surface area contributed by atoms with E-state index in [1.807, 2.05) is 30.0 Å². The van der Waals surface area contributed by atoms with E-state index < -0.39 is 0 Å². The van der Waals surface area contributed by atoms with Gasteiger partial charge in [-0.15, -0.1) is 24.0 Å². The lowest BCUT2D eigenvalue weighted by Gasteiger charge is -2.36. The number of hydrogen-bond acceptors (Lipinski definition) is 4. The van der Waals surface area contributed by atoms with Crippen LogP contribution in [0.15, 0.2) is 23.2 Å². The summed E-state index contributed by atoms with van der Waals surface area (Å²) in [5.41, 5.74) is 1.06. The number of guanidine groups is 1. The topological polar surface area (TPSA) is 66.4 Å². The predicted molar refractivity (Wildman–Crippen MR) is 118 cm³/mol. The molecule has 0 atom stereocenters. The number of nitrogens with one attached hydrogen (secondary N) is 1. The number of piperazine rings is 1. The Hall–Kier alpha value is -1.71. The van der Waals surface area contributed by atoms with Gasteiger partial charge in [-0.1, -0.05) is 6.07 Å². The minimum Gasteiger partial charge on any atom is -0.493 e. The van der Waals surface area contributed by atoms with E-state index in [-0.39, 0.29) is 29.9 Å². The van der Waals surface area contributed by atoms with Gasteiger partial charge in [0.15, 0.2) is 17.5 Å². The Morgan fingerprint density at radius 3 is 2.37 bits per heavy atom. The van der Waals surface area contributed by atoms with Crippen molar-refractivity contribution < 1.29 is 14.3 Å². The fourth-order valence-corrected chi connectivity index (χ4v) is 2.91. The molecule has 0 spiro atoms. The number of methoxy groups -OCH3 is 1. The summed E-state index contributed by atoms with van der Waals surface area (Å²) in [6, 6.07) is 5.89. The molecule has 0 bridgehead atoms. The van der Waals surface area contributed by atoms with E-state index >= 15 is 0 Å². The van der Waals surface area contributed by atoms with E-state index in [1.54, 1.807) is 14.0 Å². The zero-order chi connectivity index (χ0) is 18.9. The van der Waals surface area contributed by atoms with Crippen LogP contribution >= 0.6 is 24.0 Å². The van der Waals surface area contributed by atoms with E-state index in [0.29, 0.717) is 13.2 Å². The molecule has 1 fully saturated rings. The van der Waals surface area contributed by atoms with Gasteiger partial charge in [-0.25, -0.2) is 4.99 Å². The number of benzene rings is 1. The highest BCUT2D eigenvalue weighted by molar-refractivity contribution is 14.0. The fraction of sp³-hybridized carbons (Fsp3) is 0.579. The molecular weight excluding hydrogens is 459 g/mol. The van der Waals surface area contributed by atoms with Crippen LogP contribution in [0.25, 0.3) is 0 Å². The molecule has 0 aromatic heterocycles. The Labute approximate surface area is 179 Å². The molecule has 7 nitrogen and oxygen atoms in total. The molecule has 27 heavy (non-hydrogen) atoms. The summed E-state index contributed by atoms with van der Waals surface area (Å²) in [5, 5.41) is 3.34. The van der Waals surface area contributed by atoms with Gasteiger partial charge in [-0.2, -0.15) is 0 Å². The van der Waals surface area contributed by atoms with Crippen LogP contribution in [0.3, 0.4) is 0 Å². The van der Waals surface area contributed by atoms with Gasteiger partial charge in [0.05, 0.1) is 20.3 Å². The first kappa shape index (κ1) is 23.3. The maximum Gasteiger partial charge on any atom is 0.219 e. The molecule has 0 radical (unpaired) electrons.